The molecule has 0 spiro atoms. The van der Waals surface area contributed by atoms with Gasteiger partial charge in [-0.25, -0.2) is 19.0 Å². The third kappa shape index (κ3) is 10.3. The first-order valence-electron chi connectivity index (χ1n) is 16.1. The maximum Gasteiger partial charge on any atom is 0.407 e. The number of alkyl carbamates (subject to hydrolysis) is 2. The van der Waals surface area contributed by atoms with Crippen LogP contribution < -0.4 is 21.3 Å². The number of hydrogen-bond donors (Lipinski definition) is 4. The van der Waals surface area contributed by atoms with Gasteiger partial charge in [0.2, 0.25) is 5.91 Å². The second-order valence-electron chi connectivity index (χ2n) is 11.6. The summed E-state index contributed by atoms with van der Waals surface area (Å²) in [6.45, 7) is 1.27. The van der Waals surface area contributed by atoms with E-state index in [0.717, 1.165) is 22.3 Å². The van der Waals surface area contributed by atoms with Gasteiger partial charge >= 0.3 is 12.2 Å². The smallest absolute Gasteiger partial charge is 0.407 e. The second-order valence-corrected chi connectivity index (χ2v) is 11.6. The zero-order valence-corrected chi connectivity index (χ0v) is 27.1. The number of nitrogens with zero attached hydrogens (tertiary/aromatic N) is 1. The minimum atomic E-state index is -1.01. The first-order chi connectivity index (χ1) is 23.9. The van der Waals surface area contributed by atoms with Crippen LogP contribution in [0.25, 0.3) is 0 Å². The molecule has 0 aliphatic carbocycles. The first kappa shape index (κ1) is 35.0. The molecule has 5 rings (SSSR count). The van der Waals surface area contributed by atoms with Crippen LogP contribution in [0.5, 0.6) is 0 Å². The lowest BCUT2D eigenvalue weighted by Crippen LogP contribution is -2.49. The molecule has 1 aliphatic heterocycles. The number of nitrogens with one attached hydrogen (secondary N) is 4. The molecule has 3 unspecified atom stereocenters. The van der Waals surface area contributed by atoms with Gasteiger partial charge in [0.15, 0.2) is 0 Å². The van der Waals surface area contributed by atoms with Gasteiger partial charge in [-0.3, -0.25) is 4.79 Å². The van der Waals surface area contributed by atoms with Crippen molar-refractivity contribution in [2.75, 3.05) is 32.2 Å². The summed E-state index contributed by atoms with van der Waals surface area (Å²) < 4.78 is 29.3. The molecular formula is C37H40FN5O6. The average molecular weight is 670 g/mol. The van der Waals surface area contributed by atoms with Crippen LogP contribution in [-0.2, 0) is 32.0 Å². The van der Waals surface area contributed by atoms with Crippen LogP contribution in [0.15, 0.2) is 103 Å². The quantitative estimate of drug-likeness (QED) is 0.157. The monoisotopic (exact) mass is 669 g/mol. The lowest BCUT2D eigenvalue weighted by atomic mass is 9.84. The zero-order chi connectivity index (χ0) is 34.4. The number of carbonyl (C=O) groups is 3. The SMILES string of the molecule is COC(=O)NC(C(=O)Nc1ncccc1CCC1CNC(COC(=O)NCc2ccc(F)cc2)CO1)C(c1ccccc1)c1ccccc1. The van der Waals surface area contributed by atoms with E-state index in [1.165, 1.54) is 19.2 Å². The number of aryl methyl sites for hydroxylation is 1. The van der Waals surface area contributed by atoms with E-state index in [0.29, 0.717) is 31.8 Å². The molecule has 1 aromatic heterocycles. The predicted octanol–water partition coefficient (Wildman–Crippen LogP) is 4.93. The summed E-state index contributed by atoms with van der Waals surface area (Å²) in [6.07, 6.45) is 1.41. The fraction of sp³-hybridized carbons (Fsp3) is 0.297. The number of morpholine rings is 1. The van der Waals surface area contributed by atoms with Crippen LogP contribution >= 0.6 is 0 Å². The summed E-state index contributed by atoms with van der Waals surface area (Å²) in [5, 5.41) is 11.7. The molecule has 12 heteroatoms. The van der Waals surface area contributed by atoms with Crippen LogP contribution in [0.4, 0.5) is 19.8 Å². The van der Waals surface area contributed by atoms with E-state index < -0.39 is 30.1 Å². The summed E-state index contributed by atoms with van der Waals surface area (Å²) in [7, 11) is 1.26. The van der Waals surface area contributed by atoms with Crippen molar-refractivity contribution in [1.82, 2.24) is 20.9 Å². The molecule has 4 N–H and O–H groups in total. The van der Waals surface area contributed by atoms with Crippen molar-refractivity contribution >= 4 is 23.9 Å². The largest absolute Gasteiger partial charge is 0.453 e. The third-order valence-electron chi connectivity index (χ3n) is 8.19. The van der Waals surface area contributed by atoms with Crippen molar-refractivity contribution in [3.05, 3.63) is 131 Å². The normalized spacial score (nSPS) is 16.3. The maximum absolute atomic E-state index is 14.0. The average Bonchev–Trinajstić information content (AvgIpc) is 3.14. The van der Waals surface area contributed by atoms with Gasteiger partial charge in [-0.15, -0.1) is 0 Å². The highest BCUT2D eigenvalue weighted by Crippen LogP contribution is 2.29. The number of aromatic nitrogens is 1. The molecule has 1 fully saturated rings. The first-order valence-corrected chi connectivity index (χ1v) is 16.1. The van der Waals surface area contributed by atoms with Gasteiger partial charge in [0.1, 0.15) is 24.3 Å². The van der Waals surface area contributed by atoms with Crippen molar-refractivity contribution in [3.8, 4) is 0 Å². The minimum Gasteiger partial charge on any atom is -0.453 e. The Morgan fingerprint density at radius 1 is 0.939 bits per heavy atom. The van der Waals surface area contributed by atoms with E-state index in [4.69, 9.17) is 14.2 Å². The van der Waals surface area contributed by atoms with Crippen molar-refractivity contribution in [2.45, 2.75) is 43.5 Å². The molecule has 2 heterocycles. The molecule has 256 valence electrons. The van der Waals surface area contributed by atoms with Gasteiger partial charge in [-0.1, -0.05) is 78.9 Å². The van der Waals surface area contributed by atoms with Gasteiger partial charge in [0.25, 0.3) is 0 Å². The molecule has 49 heavy (non-hydrogen) atoms. The molecule has 11 nitrogen and oxygen atoms in total. The number of amides is 3. The molecule has 1 saturated heterocycles. The second kappa shape index (κ2) is 17.7. The summed E-state index contributed by atoms with van der Waals surface area (Å²) in [4.78, 5) is 43.0. The number of carbonyl (C=O) groups excluding carboxylic acids is 3. The number of anilines is 1. The molecular weight excluding hydrogens is 629 g/mol. The fourth-order valence-electron chi connectivity index (χ4n) is 5.61. The van der Waals surface area contributed by atoms with E-state index in [1.807, 2.05) is 66.7 Å². The van der Waals surface area contributed by atoms with Crippen LogP contribution in [0.1, 0.15) is 34.6 Å². The van der Waals surface area contributed by atoms with Crippen molar-refractivity contribution in [1.29, 1.82) is 0 Å². The van der Waals surface area contributed by atoms with E-state index in [-0.39, 0.29) is 31.1 Å². The van der Waals surface area contributed by atoms with Crippen LogP contribution in [0.2, 0.25) is 0 Å². The summed E-state index contributed by atoms with van der Waals surface area (Å²) in [5.41, 5.74) is 3.28. The number of hydrogen-bond acceptors (Lipinski definition) is 8. The van der Waals surface area contributed by atoms with Gasteiger partial charge in [0.05, 0.1) is 25.9 Å². The zero-order valence-electron chi connectivity index (χ0n) is 27.1. The summed E-state index contributed by atoms with van der Waals surface area (Å²) >= 11 is 0. The van der Waals surface area contributed by atoms with E-state index in [1.54, 1.807) is 24.4 Å². The Kier molecular flexibility index (Phi) is 12.7. The van der Waals surface area contributed by atoms with Crippen molar-refractivity contribution < 1.29 is 33.0 Å². The Morgan fingerprint density at radius 2 is 1.63 bits per heavy atom. The predicted molar refractivity (Wildman–Crippen MR) is 181 cm³/mol. The fourth-order valence-corrected chi connectivity index (χ4v) is 5.61. The molecule has 0 radical (unpaired) electrons. The van der Waals surface area contributed by atoms with E-state index in [2.05, 4.69) is 26.3 Å². The molecule has 4 aromatic rings. The number of ether oxygens (including phenoxy) is 3. The Balaban J connectivity index is 1.15. The third-order valence-corrected chi connectivity index (χ3v) is 8.19. The number of pyridine rings is 1. The maximum atomic E-state index is 14.0. The number of benzene rings is 3. The Hall–Kier alpha value is -5.33. The van der Waals surface area contributed by atoms with E-state index >= 15 is 0 Å². The molecule has 0 saturated carbocycles. The van der Waals surface area contributed by atoms with Crippen molar-refractivity contribution in [2.24, 2.45) is 0 Å². The van der Waals surface area contributed by atoms with Gasteiger partial charge in [-0.2, -0.15) is 0 Å². The van der Waals surface area contributed by atoms with Crippen LogP contribution in [0, 0.1) is 5.82 Å². The number of rotatable bonds is 13. The van der Waals surface area contributed by atoms with Gasteiger partial charge in [0, 0.05) is 25.2 Å². The van der Waals surface area contributed by atoms with Crippen LogP contribution in [0.3, 0.4) is 0 Å². The Morgan fingerprint density at radius 3 is 2.27 bits per heavy atom. The highest BCUT2D eigenvalue weighted by molar-refractivity contribution is 5.97. The standard InChI is InChI=1S/C37H40FN5O6/c1-47-37(46)42-33(32(26-9-4-2-5-10-26)27-11-6-3-7-12-27)35(44)43-34-28(13-8-20-39-34)16-19-31-22-40-30(23-48-31)24-49-36(45)41-21-25-14-17-29(38)18-15-25/h2-15,17-18,20,30-33,40H,16,19,21-24H2,1H3,(H,41,45)(H,42,46)(H,39,43,44). The van der Waals surface area contributed by atoms with Crippen molar-refractivity contribution in [3.63, 3.8) is 0 Å². The molecule has 3 aromatic carbocycles. The van der Waals surface area contributed by atoms with Crippen LogP contribution in [-0.4, -0.2) is 68.1 Å². The molecule has 0 bridgehead atoms. The topological polar surface area (TPSA) is 140 Å². The van der Waals surface area contributed by atoms with Gasteiger partial charge in [-0.05, 0) is 53.3 Å². The summed E-state index contributed by atoms with van der Waals surface area (Å²) in [5.74, 6) is -0.891. The molecule has 1 aliphatic rings. The molecule has 3 atom stereocenters. The number of methoxy groups -OCH3 is 1. The van der Waals surface area contributed by atoms with E-state index in [9.17, 15) is 18.8 Å². The lowest BCUT2D eigenvalue weighted by Gasteiger charge is -2.30. The lowest BCUT2D eigenvalue weighted by molar-refractivity contribution is -0.118. The minimum absolute atomic E-state index is 0.110. The van der Waals surface area contributed by atoms with Gasteiger partial charge < -0.3 is 35.5 Å². The Labute approximate surface area is 284 Å². The molecule has 3 amide bonds. The highest BCUT2D eigenvalue weighted by atomic mass is 19.1. The highest BCUT2D eigenvalue weighted by Gasteiger charge is 2.33. The number of halogens is 1. The summed E-state index contributed by atoms with van der Waals surface area (Å²) in [6, 6.07) is 27.4. The Bertz CT molecular complexity index is 1610.